The second-order valence-electron chi connectivity index (χ2n) is 10.3. The molecule has 1 saturated heterocycles. The zero-order valence-electron chi connectivity index (χ0n) is 25.1. The summed E-state index contributed by atoms with van der Waals surface area (Å²) in [6, 6.07) is 10.6. The molecule has 0 saturated carbocycles. The molecule has 3 amide bonds. The van der Waals surface area contributed by atoms with Crippen LogP contribution in [-0.2, 0) is 16.1 Å². The van der Waals surface area contributed by atoms with Gasteiger partial charge in [-0.1, -0.05) is 12.1 Å². The van der Waals surface area contributed by atoms with Crippen LogP contribution in [0.4, 0.5) is 10.5 Å². The quantitative estimate of drug-likeness (QED) is 0.398. The van der Waals surface area contributed by atoms with E-state index in [0.717, 1.165) is 22.4 Å². The molecule has 224 valence electrons. The number of hydrogen-bond acceptors (Lipinski definition) is 7. The van der Waals surface area contributed by atoms with Crippen LogP contribution in [0.2, 0.25) is 0 Å². The number of piperazine rings is 1. The maximum absolute atomic E-state index is 13.2. The first-order chi connectivity index (χ1) is 20.1. The molecular formula is C31H39N5O6. The van der Waals surface area contributed by atoms with Gasteiger partial charge in [0.2, 0.25) is 5.91 Å². The van der Waals surface area contributed by atoms with E-state index in [9.17, 15) is 14.4 Å². The van der Waals surface area contributed by atoms with Crippen molar-refractivity contribution in [3.8, 4) is 11.5 Å². The number of anilines is 1. The molecule has 0 bridgehead atoms. The van der Waals surface area contributed by atoms with Crippen LogP contribution in [0.5, 0.6) is 11.5 Å². The molecule has 4 rings (SSSR count). The molecule has 1 aliphatic rings. The molecule has 11 heteroatoms. The van der Waals surface area contributed by atoms with Gasteiger partial charge in [-0.25, -0.2) is 4.79 Å². The molecule has 0 spiro atoms. The van der Waals surface area contributed by atoms with Gasteiger partial charge in [0, 0.05) is 43.5 Å². The van der Waals surface area contributed by atoms with Gasteiger partial charge in [-0.3, -0.25) is 14.3 Å². The van der Waals surface area contributed by atoms with E-state index in [1.54, 1.807) is 66.8 Å². The normalized spacial score (nSPS) is 13.9. The minimum Gasteiger partial charge on any atom is -0.496 e. The van der Waals surface area contributed by atoms with Crippen molar-refractivity contribution in [2.24, 2.45) is 0 Å². The Labute approximate surface area is 246 Å². The molecule has 1 unspecified atom stereocenters. The molecule has 1 aromatic heterocycles. The second kappa shape index (κ2) is 13.4. The summed E-state index contributed by atoms with van der Waals surface area (Å²) in [6.45, 7) is 11.5. The molecule has 42 heavy (non-hydrogen) atoms. The molecule has 1 aliphatic heterocycles. The fourth-order valence-corrected chi connectivity index (χ4v) is 4.75. The average molecular weight is 578 g/mol. The van der Waals surface area contributed by atoms with Crippen molar-refractivity contribution in [2.75, 3.05) is 45.2 Å². The van der Waals surface area contributed by atoms with Crippen molar-refractivity contribution in [2.45, 2.75) is 47.3 Å². The highest BCUT2D eigenvalue weighted by atomic mass is 16.6. The summed E-state index contributed by atoms with van der Waals surface area (Å²) in [7, 11) is 1.58. The number of methoxy groups -OCH3 is 1. The average Bonchev–Trinajstić information content (AvgIpc) is 3.36. The van der Waals surface area contributed by atoms with E-state index >= 15 is 0 Å². The Balaban J connectivity index is 1.41. The van der Waals surface area contributed by atoms with E-state index in [1.807, 2.05) is 32.0 Å². The summed E-state index contributed by atoms with van der Waals surface area (Å²) < 4.78 is 18.2. The third-order valence-corrected chi connectivity index (χ3v) is 7.31. The summed E-state index contributed by atoms with van der Waals surface area (Å²) in [4.78, 5) is 41.7. The summed E-state index contributed by atoms with van der Waals surface area (Å²) in [5, 5.41) is 7.41. The van der Waals surface area contributed by atoms with E-state index in [-0.39, 0.29) is 24.5 Å². The van der Waals surface area contributed by atoms with E-state index in [2.05, 4.69) is 10.4 Å². The highest BCUT2D eigenvalue weighted by Gasteiger charge is 2.29. The lowest BCUT2D eigenvalue weighted by molar-refractivity contribution is -0.136. The van der Waals surface area contributed by atoms with Crippen molar-refractivity contribution >= 4 is 23.6 Å². The van der Waals surface area contributed by atoms with E-state index in [4.69, 9.17) is 14.2 Å². The lowest BCUT2D eigenvalue weighted by atomic mass is 10.1. The smallest absolute Gasteiger partial charge is 0.409 e. The topological polar surface area (TPSA) is 115 Å². The molecule has 3 aromatic rings. The van der Waals surface area contributed by atoms with Gasteiger partial charge in [-0.2, -0.15) is 5.10 Å². The van der Waals surface area contributed by atoms with Crippen molar-refractivity contribution < 1.29 is 28.6 Å². The maximum atomic E-state index is 13.2. The molecule has 1 fully saturated rings. The van der Waals surface area contributed by atoms with Crippen LogP contribution in [0.3, 0.4) is 0 Å². The minimum absolute atomic E-state index is 0.109. The fraction of sp³-hybridized carbons (Fsp3) is 0.419. The van der Waals surface area contributed by atoms with Crippen molar-refractivity contribution in [3.63, 3.8) is 0 Å². The third-order valence-electron chi connectivity index (χ3n) is 7.31. The van der Waals surface area contributed by atoms with Crippen LogP contribution in [0.1, 0.15) is 52.6 Å². The Morgan fingerprint density at radius 2 is 1.69 bits per heavy atom. The summed E-state index contributed by atoms with van der Waals surface area (Å²) in [5.41, 5.74) is 4.39. The van der Waals surface area contributed by atoms with Gasteiger partial charge in [-0.05, 0) is 70.0 Å². The Hall–Kier alpha value is -4.54. The van der Waals surface area contributed by atoms with Crippen LogP contribution in [0, 0.1) is 20.8 Å². The predicted octanol–water partition coefficient (Wildman–Crippen LogP) is 4.51. The van der Waals surface area contributed by atoms with Crippen LogP contribution in [-0.4, -0.2) is 77.4 Å². The zero-order valence-corrected chi connectivity index (χ0v) is 25.1. The van der Waals surface area contributed by atoms with Gasteiger partial charge in [-0.15, -0.1) is 0 Å². The number of aryl methyl sites for hydroxylation is 3. The first-order valence-electron chi connectivity index (χ1n) is 14.1. The molecule has 1 N–H and O–H groups in total. The Morgan fingerprint density at radius 1 is 0.976 bits per heavy atom. The zero-order chi connectivity index (χ0) is 30.4. The van der Waals surface area contributed by atoms with Gasteiger partial charge >= 0.3 is 6.09 Å². The number of rotatable bonds is 9. The molecule has 1 atom stereocenters. The highest BCUT2D eigenvalue weighted by Crippen LogP contribution is 2.26. The number of hydrogen-bond donors (Lipinski definition) is 1. The highest BCUT2D eigenvalue weighted by molar-refractivity contribution is 6.04. The number of carbonyl (C=O) groups is 3. The van der Waals surface area contributed by atoms with Gasteiger partial charge in [0.05, 0.1) is 25.1 Å². The monoisotopic (exact) mass is 577 g/mol. The standard InChI is InChI=1S/C31H39N5O6/c1-7-41-31(39)35-14-12-34(13-15-35)30(38)23(5)36-18-26(22(4)33-36)32-29(37)24-10-11-27(40-6)25(17-24)19-42-28-16-20(2)8-9-21(28)3/h8-11,16-18,23H,7,12-15,19H2,1-6H3,(H,32,37). The molecule has 2 heterocycles. The third kappa shape index (κ3) is 7.02. The largest absolute Gasteiger partial charge is 0.496 e. The molecule has 0 aliphatic carbocycles. The molecule has 0 radical (unpaired) electrons. The number of carbonyl (C=O) groups excluding carboxylic acids is 3. The van der Waals surface area contributed by atoms with Crippen LogP contribution in [0.15, 0.2) is 42.6 Å². The summed E-state index contributed by atoms with van der Waals surface area (Å²) in [5.74, 6) is 0.973. The minimum atomic E-state index is -0.585. The number of benzene rings is 2. The van der Waals surface area contributed by atoms with Crippen molar-refractivity contribution in [3.05, 3.63) is 70.5 Å². The first kappa shape index (κ1) is 30.4. The molecule has 11 nitrogen and oxygen atoms in total. The number of nitrogens with one attached hydrogen (secondary N) is 1. The van der Waals surface area contributed by atoms with Gasteiger partial charge < -0.3 is 29.3 Å². The van der Waals surface area contributed by atoms with E-state index in [1.165, 1.54) is 0 Å². The number of nitrogens with zero attached hydrogens (tertiary/aromatic N) is 4. The Morgan fingerprint density at radius 3 is 2.38 bits per heavy atom. The lowest BCUT2D eigenvalue weighted by Crippen LogP contribution is -2.52. The van der Waals surface area contributed by atoms with Crippen LogP contribution in [0.25, 0.3) is 0 Å². The molecular weight excluding hydrogens is 538 g/mol. The number of ether oxygens (including phenoxy) is 3. The fourth-order valence-electron chi connectivity index (χ4n) is 4.75. The van der Waals surface area contributed by atoms with Gasteiger partial charge in [0.1, 0.15) is 24.1 Å². The second-order valence-corrected chi connectivity index (χ2v) is 10.3. The predicted molar refractivity (Wildman–Crippen MR) is 158 cm³/mol. The Kier molecular flexibility index (Phi) is 9.72. The van der Waals surface area contributed by atoms with Crippen LogP contribution >= 0.6 is 0 Å². The maximum Gasteiger partial charge on any atom is 0.409 e. The molecule has 2 aromatic carbocycles. The number of amides is 3. The van der Waals surface area contributed by atoms with E-state index in [0.29, 0.717) is 55.5 Å². The Bertz CT molecular complexity index is 1440. The first-order valence-corrected chi connectivity index (χ1v) is 14.1. The van der Waals surface area contributed by atoms with Gasteiger partial charge in [0.15, 0.2) is 0 Å². The van der Waals surface area contributed by atoms with E-state index < -0.39 is 6.04 Å². The number of aromatic nitrogens is 2. The summed E-state index contributed by atoms with van der Waals surface area (Å²) >= 11 is 0. The lowest BCUT2D eigenvalue weighted by Gasteiger charge is -2.35. The van der Waals surface area contributed by atoms with Crippen molar-refractivity contribution in [1.82, 2.24) is 19.6 Å². The van der Waals surface area contributed by atoms with Crippen LogP contribution < -0.4 is 14.8 Å². The van der Waals surface area contributed by atoms with Gasteiger partial charge in [0.25, 0.3) is 5.91 Å². The summed E-state index contributed by atoms with van der Waals surface area (Å²) in [6.07, 6.45) is 1.30. The SMILES string of the molecule is CCOC(=O)N1CCN(C(=O)C(C)n2cc(NC(=O)c3ccc(OC)c(COc4cc(C)ccc4C)c3)c(C)n2)CC1. The van der Waals surface area contributed by atoms with Crippen molar-refractivity contribution in [1.29, 1.82) is 0 Å².